The number of ether oxygens (including phenoxy) is 3. The zero-order valence-electron chi connectivity index (χ0n) is 19.4. The third kappa shape index (κ3) is 6.01. The summed E-state index contributed by atoms with van der Waals surface area (Å²) in [4.78, 5) is 24.7. The fourth-order valence-corrected chi connectivity index (χ4v) is 3.39. The minimum atomic E-state index is -1.44. The number of rotatable bonds is 9. The highest BCUT2D eigenvalue weighted by Gasteiger charge is 2.23. The molecule has 0 aromatic heterocycles. The van der Waals surface area contributed by atoms with Crippen molar-refractivity contribution in [1.82, 2.24) is 0 Å². The molecule has 0 fully saturated rings. The lowest BCUT2D eigenvalue weighted by Crippen LogP contribution is -2.11. The van der Waals surface area contributed by atoms with Crippen molar-refractivity contribution in [3.8, 4) is 23.0 Å². The summed E-state index contributed by atoms with van der Waals surface area (Å²) in [6.45, 7) is -0.522. The highest BCUT2D eigenvalue weighted by Crippen LogP contribution is 2.34. The molecule has 0 heterocycles. The van der Waals surface area contributed by atoms with E-state index in [1.807, 2.05) is 0 Å². The van der Waals surface area contributed by atoms with Crippen molar-refractivity contribution in [3.05, 3.63) is 89.2 Å². The standard InChI is InChI=1S/C27H23FO8/c1-34-23-13-16(7-10-21(23)29)8-12-25(31)36-15-19(17-9-11-22(30)24(14-17)35-2)26(27(32)33)18-5-3-4-6-20(18)28/h3-14,29-30H,15H2,1-2H3,(H,32,33)/b12-8+,26-19-. The van der Waals surface area contributed by atoms with Gasteiger partial charge in [0, 0.05) is 17.2 Å². The van der Waals surface area contributed by atoms with E-state index in [2.05, 4.69) is 0 Å². The Labute approximate surface area is 206 Å². The van der Waals surface area contributed by atoms with Gasteiger partial charge in [-0.1, -0.05) is 30.3 Å². The molecule has 0 saturated carbocycles. The first-order valence-electron chi connectivity index (χ1n) is 10.6. The number of carbonyl (C=O) groups is 2. The molecule has 0 unspecified atom stereocenters. The average molecular weight is 494 g/mol. The molecule has 0 aliphatic carbocycles. The number of halogens is 1. The fraction of sp³-hybridized carbons (Fsp3) is 0.111. The van der Waals surface area contributed by atoms with Crippen LogP contribution in [0.25, 0.3) is 17.2 Å². The zero-order chi connectivity index (χ0) is 26.2. The van der Waals surface area contributed by atoms with Crippen LogP contribution in [0.1, 0.15) is 16.7 Å². The van der Waals surface area contributed by atoms with Crippen molar-refractivity contribution >= 4 is 29.2 Å². The number of esters is 1. The Balaban J connectivity index is 1.99. The number of aliphatic carboxylic acids is 1. The maximum absolute atomic E-state index is 14.6. The summed E-state index contributed by atoms with van der Waals surface area (Å²) in [7, 11) is 2.71. The quantitative estimate of drug-likeness (QED) is 0.226. The van der Waals surface area contributed by atoms with Crippen LogP contribution in [0.2, 0.25) is 0 Å². The van der Waals surface area contributed by atoms with Gasteiger partial charge in [0.15, 0.2) is 23.0 Å². The molecule has 0 radical (unpaired) electrons. The molecule has 0 atom stereocenters. The summed E-state index contributed by atoms with van der Waals surface area (Å²) in [5, 5.41) is 29.6. The average Bonchev–Trinajstić information content (AvgIpc) is 2.87. The van der Waals surface area contributed by atoms with E-state index in [0.717, 1.165) is 12.1 Å². The number of phenols is 2. The molecular formula is C27H23FO8. The fourth-order valence-electron chi connectivity index (χ4n) is 3.39. The molecule has 3 N–H and O–H groups in total. The van der Waals surface area contributed by atoms with Crippen molar-refractivity contribution in [2.24, 2.45) is 0 Å². The first-order valence-corrected chi connectivity index (χ1v) is 10.6. The number of phenolic OH excluding ortho intramolecular Hbond substituents is 2. The molecule has 0 aliphatic rings. The van der Waals surface area contributed by atoms with Crippen molar-refractivity contribution in [1.29, 1.82) is 0 Å². The van der Waals surface area contributed by atoms with Crippen LogP contribution in [-0.2, 0) is 14.3 Å². The lowest BCUT2D eigenvalue weighted by atomic mass is 9.94. The van der Waals surface area contributed by atoms with Crippen molar-refractivity contribution in [3.63, 3.8) is 0 Å². The number of aromatic hydroxyl groups is 2. The SMILES string of the molecule is COc1cc(/C=C/C(=O)OC/C(=C(/C(=O)O)c2ccccc2F)c2ccc(O)c(OC)c2)ccc1O. The molecule has 9 heteroatoms. The molecule has 3 rings (SSSR count). The third-order valence-electron chi connectivity index (χ3n) is 5.16. The van der Waals surface area contributed by atoms with E-state index in [4.69, 9.17) is 14.2 Å². The predicted octanol–water partition coefficient (Wildman–Crippen LogP) is 4.51. The second kappa shape index (κ2) is 11.6. The molecule has 0 bridgehead atoms. The molecule has 3 aromatic rings. The molecule has 8 nitrogen and oxygen atoms in total. The Morgan fingerprint density at radius 3 is 2.19 bits per heavy atom. The van der Waals surface area contributed by atoms with E-state index in [-0.39, 0.29) is 39.7 Å². The van der Waals surface area contributed by atoms with Gasteiger partial charge in [0.25, 0.3) is 0 Å². The maximum atomic E-state index is 14.6. The van der Waals surface area contributed by atoms with Crippen LogP contribution in [0.15, 0.2) is 66.7 Å². The van der Waals surface area contributed by atoms with Gasteiger partial charge in [-0.15, -0.1) is 0 Å². The molecule has 186 valence electrons. The Morgan fingerprint density at radius 1 is 0.917 bits per heavy atom. The Kier molecular flexibility index (Phi) is 8.30. The Morgan fingerprint density at radius 2 is 1.56 bits per heavy atom. The van der Waals surface area contributed by atoms with Gasteiger partial charge in [0.05, 0.1) is 19.8 Å². The number of methoxy groups -OCH3 is 2. The number of benzene rings is 3. The number of carboxylic acids is 1. The van der Waals surface area contributed by atoms with E-state index < -0.39 is 29.9 Å². The Hall–Kier alpha value is -4.79. The largest absolute Gasteiger partial charge is 0.504 e. The van der Waals surface area contributed by atoms with Crippen LogP contribution in [0.4, 0.5) is 4.39 Å². The second-order valence-corrected chi connectivity index (χ2v) is 7.40. The van der Waals surface area contributed by atoms with Gasteiger partial charge in [0.2, 0.25) is 0 Å². The van der Waals surface area contributed by atoms with Gasteiger partial charge < -0.3 is 29.5 Å². The highest BCUT2D eigenvalue weighted by molar-refractivity contribution is 6.24. The lowest BCUT2D eigenvalue weighted by Gasteiger charge is -2.15. The number of hydrogen-bond acceptors (Lipinski definition) is 7. The topological polar surface area (TPSA) is 123 Å². The summed E-state index contributed by atoms with van der Waals surface area (Å²) >= 11 is 0. The van der Waals surface area contributed by atoms with Crippen LogP contribution in [0, 0.1) is 5.82 Å². The normalized spacial score (nSPS) is 11.6. The van der Waals surface area contributed by atoms with Gasteiger partial charge >= 0.3 is 11.9 Å². The number of carbonyl (C=O) groups excluding carboxylic acids is 1. The van der Waals surface area contributed by atoms with E-state index in [0.29, 0.717) is 5.56 Å². The minimum absolute atomic E-state index is 0.0149. The van der Waals surface area contributed by atoms with Crippen LogP contribution in [-0.4, -0.2) is 48.1 Å². The monoisotopic (exact) mass is 494 g/mol. The first kappa shape index (κ1) is 25.8. The summed E-state index contributed by atoms with van der Waals surface area (Å²) < 4.78 is 30.0. The highest BCUT2D eigenvalue weighted by atomic mass is 19.1. The zero-order valence-corrected chi connectivity index (χ0v) is 19.4. The van der Waals surface area contributed by atoms with Crippen molar-refractivity contribution < 1.29 is 43.5 Å². The van der Waals surface area contributed by atoms with Gasteiger partial charge in [-0.3, -0.25) is 0 Å². The molecule has 0 saturated heterocycles. The molecule has 3 aromatic carbocycles. The van der Waals surface area contributed by atoms with Gasteiger partial charge in [-0.25, -0.2) is 14.0 Å². The van der Waals surface area contributed by atoms with Crippen LogP contribution < -0.4 is 9.47 Å². The van der Waals surface area contributed by atoms with E-state index in [9.17, 15) is 29.3 Å². The minimum Gasteiger partial charge on any atom is -0.504 e. The van der Waals surface area contributed by atoms with Crippen LogP contribution in [0.3, 0.4) is 0 Å². The van der Waals surface area contributed by atoms with Crippen molar-refractivity contribution in [2.45, 2.75) is 0 Å². The van der Waals surface area contributed by atoms with E-state index in [1.54, 1.807) is 6.07 Å². The van der Waals surface area contributed by atoms with Gasteiger partial charge in [-0.05, 0) is 47.5 Å². The van der Waals surface area contributed by atoms with E-state index >= 15 is 0 Å². The molecule has 0 amide bonds. The molecular weight excluding hydrogens is 471 g/mol. The Bertz CT molecular complexity index is 1340. The van der Waals surface area contributed by atoms with Crippen molar-refractivity contribution in [2.75, 3.05) is 20.8 Å². The number of hydrogen-bond donors (Lipinski definition) is 3. The molecule has 0 aliphatic heterocycles. The lowest BCUT2D eigenvalue weighted by molar-refractivity contribution is -0.136. The maximum Gasteiger partial charge on any atom is 0.336 e. The summed E-state index contributed by atoms with van der Waals surface area (Å²) in [6, 6.07) is 13.8. The predicted molar refractivity (Wildman–Crippen MR) is 130 cm³/mol. The van der Waals surface area contributed by atoms with Crippen LogP contribution in [0.5, 0.6) is 23.0 Å². The first-order chi connectivity index (χ1) is 17.2. The van der Waals surface area contributed by atoms with Gasteiger partial charge in [-0.2, -0.15) is 0 Å². The summed E-state index contributed by atoms with van der Waals surface area (Å²) in [5.74, 6) is -3.00. The summed E-state index contributed by atoms with van der Waals surface area (Å²) in [6.07, 6.45) is 2.54. The summed E-state index contributed by atoms with van der Waals surface area (Å²) in [5.41, 5.74) is 0.151. The molecule has 0 spiro atoms. The smallest absolute Gasteiger partial charge is 0.336 e. The van der Waals surface area contributed by atoms with Gasteiger partial charge in [0.1, 0.15) is 12.4 Å². The van der Waals surface area contributed by atoms with E-state index in [1.165, 1.54) is 68.8 Å². The third-order valence-corrected chi connectivity index (χ3v) is 5.16. The number of carboxylic acid groups (broad SMARTS) is 1. The van der Waals surface area contributed by atoms with Crippen LogP contribution >= 0.6 is 0 Å². The molecule has 36 heavy (non-hydrogen) atoms. The second-order valence-electron chi connectivity index (χ2n) is 7.40.